The maximum Gasteiger partial charge on any atom is 0.265 e. The Morgan fingerprint density at radius 1 is 1.32 bits per heavy atom. The second kappa shape index (κ2) is 5.44. The molecule has 1 aromatic heterocycles. The number of fused-ring (bicyclic) bond motifs is 1. The summed E-state index contributed by atoms with van der Waals surface area (Å²) < 4.78 is 8.00. The molecule has 1 amide bonds. The van der Waals surface area contributed by atoms with Gasteiger partial charge in [-0.05, 0) is 25.1 Å². The van der Waals surface area contributed by atoms with Gasteiger partial charge in [0.1, 0.15) is 10.1 Å². The number of amides is 1. The summed E-state index contributed by atoms with van der Waals surface area (Å²) in [7, 11) is 5.38. The fourth-order valence-electron chi connectivity index (χ4n) is 2.56. The average molecular weight is 332 g/mol. The lowest BCUT2D eigenvalue weighted by atomic mass is 10.1. The minimum absolute atomic E-state index is 0.0417. The van der Waals surface area contributed by atoms with Crippen LogP contribution in [-0.2, 0) is 11.8 Å². The summed E-state index contributed by atoms with van der Waals surface area (Å²) in [6.45, 7) is 2.05. The molecule has 1 aliphatic heterocycles. The second-order valence-corrected chi connectivity index (χ2v) is 6.86. The third-order valence-electron chi connectivity index (χ3n) is 4.01. The fraction of sp³-hybridized carbons (Fsp3) is 0.250. The number of methoxy groups -OCH3 is 1. The molecular formula is C16H16N2O2S2. The van der Waals surface area contributed by atoms with E-state index in [9.17, 15) is 4.79 Å². The molecule has 114 valence electrons. The number of likely N-dealkylation sites (N-methyl/N-ethyl adjacent to an activating group) is 1. The molecule has 0 aliphatic carbocycles. The van der Waals surface area contributed by atoms with Crippen molar-refractivity contribution in [2.24, 2.45) is 7.05 Å². The van der Waals surface area contributed by atoms with E-state index in [0.717, 1.165) is 27.9 Å². The van der Waals surface area contributed by atoms with Gasteiger partial charge in [0.2, 0.25) is 0 Å². The molecule has 0 atom stereocenters. The number of aryl methyl sites for hydroxylation is 1. The molecule has 0 bridgehead atoms. The predicted octanol–water partition coefficient (Wildman–Crippen LogP) is 3.33. The molecule has 2 aromatic rings. The fourth-order valence-corrected chi connectivity index (χ4v) is 3.72. The van der Waals surface area contributed by atoms with Crippen molar-refractivity contribution in [1.29, 1.82) is 0 Å². The number of hydrogen-bond donors (Lipinski definition) is 0. The molecule has 0 N–H and O–H groups in total. The summed E-state index contributed by atoms with van der Waals surface area (Å²) in [6.07, 6.45) is 1.94. The Kier molecular flexibility index (Phi) is 3.74. The van der Waals surface area contributed by atoms with Crippen LogP contribution in [0.15, 0.2) is 23.1 Å². The van der Waals surface area contributed by atoms with E-state index in [0.29, 0.717) is 9.23 Å². The number of nitrogens with zero attached hydrogens (tertiary/aromatic N) is 2. The molecule has 1 aliphatic rings. The Balaban J connectivity index is 2.18. The number of aromatic nitrogens is 1. The quantitative estimate of drug-likeness (QED) is 0.624. The van der Waals surface area contributed by atoms with Crippen molar-refractivity contribution in [2.45, 2.75) is 6.92 Å². The predicted molar refractivity (Wildman–Crippen MR) is 95.1 cm³/mol. The molecule has 1 aromatic carbocycles. The van der Waals surface area contributed by atoms with Gasteiger partial charge in [0.15, 0.2) is 0 Å². The van der Waals surface area contributed by atoms with Crippen LogP contribution < -0.4 is 4.74 Å². The Bertz CT molecular complexity index is 836. The highest BCUT2D eigenvalue weighted by Gasteiger charge is 2.29. The van der Waals surface area contributed by atoms with Crippen molar-refractivity contribution < 1.29 is 9.53 Å². The van der Waals surface area contributed by atoms with Gasteiger partial charge in [0.25, 0.3) is 5.91 Å². The van der Waals surface area contributed by atoms with Crippen LogP contribution in [0.3, 0.4) is 0 Å². The van der Waals surface area contributed by atoms with Gasteiger partial charge in [-0.25, -0.2) is 0 Å². The topological polar surface area (TPSA) is 34.5 Å². The van der Waals surface area contributed by atoms with Crippen LogP contribution in [-0.4, -0.2) is 33.9 Å². The number of hydrogen-bond acceptors (Lipinski definition) is 4. The summed E-state index contributed by atoms with van der Waals surface area (Å²) in [5.41, 5.74) is 3.23. The third kappa shape index (κ3) is 2.23. The largest absolute Gasteiger partial charge is 0.497 e. The molecule has 3 rings (SSSR count). The first-order valence-electron chi connectivity index (χ1n) is 6.78. The minimum Gasteiger partial charge on any atom is -0.497 e. The van der Waals surface area contributed by atoms with E-state index in [2.05, 4.69) is 4.57 Å². The second-order valence-electron chi connectivity index (χ2n) is 5.18. The highest BCUT2D eigenvalue weighted by Crippen LogP contribution is 2.35. The lowest BCUT2D eigenvalue weighted by Gasteiger charge is -2.03. The summed E-state index contributed by atoms with van der Waals surface area (Å²) in [5, 5.41) is 1.10. The average Bonchev–Trinajstić information content (AvgIpc) is 2.90. The molecule has 6 heteroatoms. The van der Waals surface area contributed by atoms with Gasteiger partial charge in [-0.3, -0.25) is 9.69 Å². The van der Waals surface area contributed by atoms with Crippen molar-refractivity contribution in [3.63, 3.8) is 0 Å². The maximum atomic E-state index is 12.2. The molecule has 1 saturated heterocycles. The number of benzene rings is 1. The SMILES string of the molecule is COc1ccc2c(/C=C3\SC(=S)N(C)C3=O)c(C)n(C)c2c1. The van der Waals surface area contributed by atoms with E-state index < -0.39 is 0 Å². The summed E-state index contributed by atoms with van der Waals surface area (Å²) >= 11 is 6.53. The monoisotopic (exact) mass is 332 g/mol. The van der Waals surface area contributed by atoms with Crippen molar-refractivity contribution in [3.05, 3.63) is 34.4 Å². The zero-order chi connectivity index (χ0) is 16.0. The number of rotatable bonds is 2. The Morgan fingerprint density at radius 3 is 2.64 bits per heavy atom. The Labute approximate surface area is 138 Å². The molecule has 0 radical (unpaired) electrons. The zero-order valence-corrected chi connectivity index (χ0v) is 14.5. The first-order chi connectivity index (χ1) is 10.4. The van der Waals surface area contributed by atoms with E-state index >= 15 is 0 Å². The van der Waals surface area contributed by atoms with E-state index in [1.807, 2.05) is 38.2 Å². The first kappa shape index (κ1) is 15.1. The molecule has 22 heavy (non-hydrogen) atoms. The molecule has 0 saturated carbocycles. The van der Waals surface area contributed by atoms with Crippen molar-refractivity contribution in [3.8, 4) is 5.75 Å². The smallest absolute Gasteiger partial charge is 0.265 e. The van der Waals surface area contributed by atoms with Gasteiger partial charge in [-0.2, -0.15) is 0 Å². The highest BCUT2D eigenvalue weighted by molar-refractivity contribution is 8.26. The van der Waals surface area contributed by atoms with Gasteiger partial charge < -0.3 is 9.30 Å². The Hall–Kier alpha value is -1.79. The molecule has 0 spiro atoms. The highest BCUT2D eigenvalue weighted by atomic mass is 32.2. The number of carbonyl (C=O) groups excluding carboxylic acids is 1. The van der Waals surface area contributed by atoms with Crippen LogP contribution in [0.2, 0.25) is 0 Å². The number of carbonyl (C=O) groups is 1. The van der Waals surface area contributed by atoms with E-state index in [-0.39, 0.29) is 5.91 Å². The van der Waals surface area contributed by atoms with Crippen LogP contribution in [0, 0.1) is 6.92 Å². The minimum atomic E-state index is -0.0417. The first-order valence-corrected chi connectivity index (χ1v) is 8.01. The van der Waals surface area contributed by atoms with Gasteiger partial charge in [-0.15, -0.1) is 0 Å². The van der Waals surface area contributed by atoms with Crippen LogP contribution in [0.25, 0.3) is 17.0 Å². The van der Waals surface area contributed by atoms with Gasteiger partial charge in [0, 0.05) is 36.8 Å². The molecule has 2 heterocycles. The Morgan fingerprint density at radius 2 is 2.05 bits per heavy atom. The number of thioether (sulfide) groups is 1. The van der Waals surface area contributed by atoms with Crippen LogP contribution in [0.1, 0.15) is 11.3 Å². The lowest BCUT2D eigenvalue weighted by molar-refractivity contribution is -0.121. The summed E-state index contributed by atoms with van der Waals surface area (Å²) in [5.74, 6) is 0.777. The standard InChI is InChI=1S/C16H16N2O2S2/c1-9-12(8-14-15(19)18(3)16(21)22-14)11-6-5-10(20-4)7-13(11)17(9)2/h5-8H,1-4H3/b14-8-. The van der Waals surface area contributed by atoms with Crippen molar-refractivity contribution in [1.82, 2.24) is 9.47 Å². The van der Waals surface area contributed by atoms with E-state index in [1.165, 1.54) is 16.7 Å². The van der Waals surface area contributed by atoms with E-state index in [4.69, 9.17) is 17.0 Å². The maximum absolute atomic E-state index is 12.2. The van der Waals surface area contributed by atoms with Crippen molar-refractivity contribution in [2.75, 3.05) is 14.2 Å². The summed E-state index contributed by atoms with van der Waals surface area (Å²) in [6, 6.07) is 5.97. The van der Waals surface area contributed by atoms with Crippen molar-refractivity contribution >= 4 is 51.2 Å². The molecule has 1 fully saturated rings. The number of thiocarbonyl (C=S) groups is 1. The van der Waals surface area contributed by atoms with Crippen LogP contribution >= 0.6 is 24.0 Å². The van der Waals surface area contributed by atoms with Gasteiger partial charge in [-0.1, -0.05) is 24.0 Å². The van der Waals surface area contributed by atoms with Gasteiger partial charge in [0.05, 0.1) is 17.5 Å². The summed E-state index contributed by atoms with van der Waals surface area (Å²) in [4.78, 5) is 14.4. The van der Waals surface area contributed by atoms with Gasteiger partial charge >= 0.3 is 0 Å². The molecule has 4 nitrogen and oxygen atoms in total. The van der Waals surface area contributed by atoms with E-state index in [1.54, 1.807) is 14.2 Å². The zero-order valence-electron chi connectivity index (χ0n) is 12.8. The number of ether oxygens (including phenoxy) is 1. The molecular weight excluding hydrogens is 316 g/mol. The normalized spacial score (nSPS) is 17.1. The lowest BCUT2D eigenvalue weighted by Crippen LogP contribution is -2.22. The van der Waals surface area contributed by atoms with Crippen LogP contribution in [0.5, 0.6) is 5.75 Å². The molecule has 0 unspecified atom stereocenters. The van der Waals surface area contributed by atoms with Crippen LogP contribution in [0.4, 0.5) is 0 Å². The third-order valence-corrected chi connectivity index (χ3v) is 5.50.